The van der Waals surface area contributed by atoms with Crippen molar-refractivity contribution >= 4 is 28.1 Å². The van der Waals surface area contributed by atoms with Crippen molar-refractivity contribution in [3.05, 3.63) is 52.0 Å². The summed E-state index contributed by atoms with van der Waals surface area (Å²) in [7, 11) is 1.54. The lowest BCUT2D eigenvalue weighted by Gasteiger charge is -2.05. The summed E-state index contributed by atoms with van der Waals surface area (Å²) >= 11 is 3.30. The summed E-state index contributed by atoms with van der Waals surface area (Å²) in [6, 6.07) is 9.11. The molecule has 114 valence electrons. The Morgan fingerprint density at radius 2 is 2.00 bits per heavy atom. The number of methoxy groups -OCH3 is 1. The van der Waals surface area contributed by atoms with Gasteiger partial charge >= 0.3 is 0 Å². The fourth-order valence-electron chi connectivity index (χ4n) is 1.66. The largest absolute Gasteiger partial charge is 0.504 e. The number of aromatic hydroxyl groups is 2. The Kier molecular flexibility index (Phi) is 5.00. The smallest absolute Gasteiger partial charge is 0.271 e. The minimum atomic E-state index is -0.386. The molecule has 0 unspecified atom stereocenters. The molecule has 0 bridgehead atoms. The van der Waals surface area contributed by atoms with Gasteiger partial charge in [-0.15, -0.1) is 0 Å². The summed E-state index contributed by atoms with van der Waals surface area (Å²) in [4.78, 5) is 11.9. The lowest BCUT2D eigenvalue weighted by molar-refractivity contribution is 0.0955. The van der Waals surface area contributed by atoms with Crippen LogP contribution in [0.2, 0.25) is 0 Å². The van der Waals surface area contributed by atoms with Crippen LogP contribution >= 0.6 is 15.9 Å². The quantitative estimate of drug-likeness (QED) is 0.441. The minimum absolute atomic E-state index is 0.218. The molecule has 3 N–H and O–H groups in total. The highest BCUT2D eigenvalue weighted by Crippen LogP contribution is 2.25. The van der Waals surface area contributed by atoms with Crippen molar-refractivity contribution in [1.29, 1.82) is 0 Å². The molecule has 0 saturated heterocycles. The Morgan fingerprint density at radius 1 is 1.23 bits per heavy atom. The first kappa shape index (κ1) is 15.8. The molecule has 0 aromatic heterocycles. The van der Waals surface area contributed by atoms with Gasteiger partial charge in [0.25, 0.3) is 5.91 Å². The van der Waals surface area contributed by atoms with Crippen LogP contribution in [0.4, 0.5) is 0 Å². The van der Waals surface area contributed by atoms with Crippen molar-refractivity contribution in [2.45, 2.75) is 0 Å². The van der Waals surface area contributed by atoms with Crippen molar-refractivity contribution in [1.82, 2.24) is 5.43 Å². The number of phenolic OH excluding ortho intramolecular Hbond substituents is 2. The average Bonchev–Trinajstić information content (AvgIpc) is 2.50. The number of rotatable bonds is 4. The number of ether oxygens (including phenoxy) is 1. The van der Waals surface area contributed by atoms with Crippen LogP contribution in [-0.2, 0) is 0 Å². The van der Waals surface area contributed by atoms with E-state index in [-0.39, 0.29) is 17.4 Å². The lowest BCUT2D eigenvalue weighted by atomic mass is 10.2. The Balaban J connectivity index is 2.04. The summed E-state index contributed by atoms with van der Waals surface area (Å²) in [6.07, 6.45) is 1.36. The Morgan fingerprint density at radius 3 is 2.64 bits per heavy atom. The highest BCUT2D eigenvalue weighted by atomic mass is 79.9. The van der Waals surface area contributed by atoms with Gasteiger partial charge in [0.15, 0.2) is 11.5 Å². The molecule has 2 aromatic rings. The van der Waals surface area contributed by atoms with Crippen molar-refractivity contribution < 1.29 is 19.7 Å². The van der Waals surface area contributed by atoms with Gasteiger partial charge in [0, 0.05) is 5.56 Å². The zero-order valence-electron chi connectivity index (χ0n) is 11.6. The molecular weight excluding hydrogens is 352 g/mol. The van der Waals surface area contributed by atoms with Crippen LogP contribution in [0, 0.1) is 0 Å². The van der Waals surface area contributed by atoms with E-state index in [0.29, 0.717) is 21.3 Å². The standard InChI is InChI=1S/C15H13BrN2O4/c1-22-14-5-3-10(7-11(14)16)15(21)18-17-8-9-2-4-12(19)13(20)6-9/h2-8,19-20H,1H3,(H,18,21)/b17-8-. The van der Waals surface area contributed by atoms with Crippen LogP contribution in [0.25, 0.3) is 0 Å². The van der Waals surface area contributed by atoms with Gasteiger partial charge in [-0.1, -0.05) is 0 Å². The topological polar surface area (TPSA) is 91.2 Å². The first-order chi connectivity index (χ1) is 10.5. The zero-order chi connectivity index (χ0) is 16.1. The summed E-state index contributed by atoms with van der Waals surface area (Å²) < 4.78 is 5.75. The maximum absolute atomic E-state index is 11.9. The fourth-order valence-corrected chi connectivity index (χ4v) is 2.20. The molecule has 0 aliphatic carbocycles. The number of benzene rings is 2. The molecule has 0 radical (unpaired) electrons. The number of phenols is 2. The van der Waals surface area contributed by atoms with E-state index in [1.807, 2.05) is 0 Å². The van der Waals surface area contributed by atoms with Gasteiger partial charge in [-0.05, 0) is 57.9 Å². The van der Waals surface area contributed by atoms with Crippen molar-refractivity contribution in [2.24, 2.45) is 5.10 Å². The lowest BCUT2D eigenvalue weighted by Crippen LogP contribution is -2.17. The molecule has 22 heavy (non-hydrogen) atoms. The van der Waals surface area contributed by atoms with E-state index in [4.69, 9.17) is 4.74 Å². The van der Waals surface area contributed by atoms with Gasteiger partial charge in [0.05, 0.1) is 17.8 Å². The molecule has 1 amide bonds. The van der Waals surface area contributed by atoms with Gasteiger partial charge < -0.3 is 14.9 Å². The molecule has 2 rings (SSSR count). The number of nitrogens with zero attached hydrogens (tertiary/aromatic N) is 1. The number of hydrogen-bond acceptors (Lipinski definition) is 5. The average molecular weight is 365 g/mol. The first-order valence-corrected chi connectivity index (χ1v) is 6.99. The SMILES string of the molecule is COc1ccc(C(=O)N/N=C\c2ccc(O)c(O)c2)cc1Br. The van der Waals surface area contributed by atoms with Crippen molar-refractivity contribution in [2.75, 3.05) is 7.11 Å². The molecule has 0 heterocycles. The fraction of sp³-hybridized carbons (Fsp3) is 0.0667. The molecule has 7 heteroatoms. The van der Waals surface area contributed by atoms with Crippen LogP contribution < -0.4 is 10.2 Å². The monoisotopic (exact) mass is 364 g/mol. The van der Waals surface area contributed by atoms with Crippen molar-refractivity contribution in [3.8, 4) is 17.2 Å². The van der Waals surface area contributed by atoms with Gasteiger partial charge in [-0.25, -0.2) is 5.43 Å². The molecule has 0 aliphatic rings. The highest BCUT2D eigenvalue weighted by Gasteiger charge is 2.08. The van der Waals surface area contributed by atoms with E-state index in [9.17, 15) is 15.0 Å². The van der Waals surface area contributed by atoms with Crippen molar-refractivity contribution in [3.63, 3.8) is 0 Å². The number of hydrazone groups is 1. The second-order valence-corrected chi connectivity index (χ2v) is 5.15. The third kappa shape index (κ3) is 3.76. The Hall–Kier alpha value is -2.54. The molecule has 6 nitrogen and oxygen atoms in total. The van der Waals surface area contributed by atoms with Gasteiger partial charge in [0.2, 0.25) is 0 Å². The maximum Gasteiger partial charge on any atom is 0.271 e. The third-order valence-electron chi connectivity index (χ3n) is 2.79. The van der Waals surface area contributed by atoms with E-state index in [0.717, 1.165) is 0 Å². The Labute approximate surface area is 135 Å². The van der Waals surface area contributed by atoms with Gasteiger partial charge in [-0.2, -0.15) is 5.10 Å². The van der Waals surface area contributed by atoms with Crippen LogP contribution in [0.1, 0.15) is 15.9 Å². The molecule has 0 fully saturated rings. The molecule has 0 spiro atoms. The predicted molar refractivity (Wildman–Crippen MR) is 85.5 cm³/mol. The zero-order valence-corrected chi connectivity index (χ0v) is 13.2. The second kappa shape index (κ2) is 6.95. The van der Waals surface area contributed by atoms with E-state index in [2.05, 4.69) is 26.5 Å². The molecule has 0 atom stereocenters. The van der Waals surface area contributed by atoms with E-state index in [1.165, 1.54) is 25.5 Å². The molecule has 2 aromatic carbocycles. The number of carbonyl (C=O) groups is 1. The molecule has 0 saturated carbocycles. The number of halogens is 1. The predicted octanol–water partition coefficient (Wildman–Crippen LogP) is 2.63. The summed E-state index contributed by atoms with van der Waals surface area (Å²) in [6.45, 7) is 0. The van der Waals surface area contributed by atoms with Crippen LogP contribution in [-0.4, -0.2) is 29.4 Å². The van der Waals surface area contributed by atoms with Crippen LogP contribution in [0.15, 0.2) is 46.0 Å². The Bertz CT molecular complexity index is 731. The number of nitrogens with one attached hydrogen (secondary N) is 1. The minimum Gasteiger partial charge on any atom is -0.504 e. The maximum atomic E-state index is 11.9. The van der Waals surface area contributed by atoms with Gasteiger partial charge in [0.1, 0.15) is 5.75 Å². The number of carbonyl (C=O) groups excluding carboxylic acids is 1. The van der Waals surface area contributed by atoms with E-state index >= 15 is 0 Å². The number of amides is 1. The first-order valence-electron chi connectivity index (χ1n) is 6.20. The van der Waals surface area contributed by atoms with E-state index in [1.54, 1.807) is 24.3 Å². The van der Waals surface area contributed by atoms with E-state index < -0.39 is 0 Å². The summed E-state index contributed by atoms with van der Waals surface area (Å²) in [5, 5.41) is 22.3. The van der Waals surface area contributed by atoms with Crippen LogP contribution in [0.3, 0.4) is 0 Å². The number of hydrogen-bond donors (Lipinski definition) is 3. The third-order valence-corrected chi connectivity index (χ3v) is 3.41. The second-order valence-electron chi connectivity index (χ2n) is 4.30. The van der Waals surface area contributed by atoms with Crippen LogP contribution in [0.5, 0.6) is 17.2 Å². The van der Waals surface area contributed by atoms with Gasteiger partial charge in [-0.3, -0.25) is 4.79 Å². The summed E-state index contributed by atoms with van der Waals surface area (Å²) in [5.41, 5.74) is 3.32. The normalized spacial score (nSPS) is 10.6. The molecule has 0 aliphatic heterocycles. The highest BCUT2D eigenvalue weighted by molar-refractivity contribution is 9.10. The molecular formula is C15H13BrN2O4. The summed E-state index contributed by atoms with van der Waals surface area (Å²) in [5.74, 6) is -0.235.